The van der Waals surface area contributed by atoms with Gasteiger partial charge in [0.25, 0.3) is 0 Å². The van der Waals surface area contributed by atoms with Gasteiger partial charge in [-0.05, 0) is 47.5 Å². The molecule has 0 spiro atoms. The van der Waals surface area contributed by atoms with Crippen LogP contribution < -0.4 is 19.5 Å². The average molecular weight is 394 g/mol. The molecule has 0 aliphatic rings. The Labute approximate surface area is 168 Å². The van der Waals surface area contributed by atoms with E-state index < -0.39 is 0 Å². The van der Waals surface area contributed by atoms with E-state index in [1.54, 1.807) is 58.2 Å². The Balaban J connectivity index is 1.65. The van der Waals surface area contributed by atoms with Gasteiger partial charge in [-0.1, -0.05) is 0 Å². The van der Waals surface area contributed by atoms with Crippen molar-refractivity contribution < 1.29 is 23.4 Å². The number of methoxy groups -OCH3 is 3. The number of carbonyl (C=O) groups is 1. The highest BCUT2D eigenvalue weighted by Gasteiger charge is 2.12. The van der Waals surface area contributed by atoms with E-state index in [1.165, 1.54) is 6.08 Å². The Bertz CT molecular complexity index is 971. The fraction of sp³-hybridized carbons (Fsp3) is 0.182. The summed E-state index contributed by atoms with van der Waals surface area (Å²) in [5, 5.41) is 2.84. The Hall–Kier alpha value is -3.74. The van der Waals surface area contributed by atoms with Gasteiger partial charge in [-0.25, -0.2) is 0 Å². The summed E-state index contributed by atoms with van der Waals surface area (Å²) in [4.78, 5) is 16.4. The summed E-state index contributed by atoms with van der Waals surface area (Å²) < 4.78 is 21.3. The maximum absolute atomic E-state index is 12.2. The van der Waals surface area contributed by atoms with Gasteiger partial charge in [0, 0.05) is 30.6 Å². The first-order valence-electron chi connectivity index (χ1n) is 8.88. The van der Waals surface area contributed by atoms with Crippen LogP contribution in [0, 0.1) is 0 Å². The second-order valence-corrected chi connectivity index (χ2v) is 6.07. The second kappa shape index (κ2) is 9.45. The first-order valence-corrected chi connectivity index (χ1v) is 8.88. The Morgan fingerprint density at radius 1 is 1.10 bits per heavy atom. The van der Waals surface area contributed by atoms with Crippen LogP contribution in [0.2, 0.25) is 0 Å². The van der Waals surface area contributed by atoms with E-state index in [-0.39, 0.29) is 5.91 Å². The largest absolute Gasteiger partial charge is 0.493 e. The molecular weight excluding hydrogens is 372 g/mol. The number of furan rings is 1. The van der Waals surface area contributed by atoms with Crippen LogP contribution >= 0.6 is 0 Å². The lowest BCUT2D eigenvalue weighted by atomic mass is 10.1. The molecule has 1 amide bonds. The first-order chi connectivity index (χ1) is 14.1. The SMILES string of the molecule is COc1cc(/C=C/C(=O)NCc2cncc(-c3ccco3)c2)cc(OC)c1OC. The molecule has 0 saturated heterocycles. The van der Waals surface area contributed by atoms with E-state index in [0.29, 0.717) is 23.8 Å². The van der Waals surface area contributed by atoms with E-state index in [4.69, 9.17) is 18.6 Å². The number of benzene rings is 1. The highest BCUT2D eigenvalue weighted by Crippen LogP contribution is 2.38. The number of aromatic nitrogens is 1. The van der Waals surface area contributed by atoms with E-state index in [9.17, 15) is 4.79 Å². The van der Waals surface area contributed by atoms with Crippen LogP contribution in [0.4, 0.5) is 0 Å². The van der Waals surface area contributed by atoms with Crippen molar-refractivity contribution in [1.29, 1.82) is 0 Å². The monoisotopic (exact) mass is 394 g/mol. The van der Waals surface area contributed by atoms with E-state index in [0.717, 1.165) is 22.5 Å². The summed E-state index contributed by atoms with van der Waals surface area (Å²) in [6.07, 6.45) is 8.16. The summed E-state index contributed by atoms with van der Waals surface area (Å²) in [5.41, 5.74) is 2.47. The molecule has 0 aliphatic carbocycles. The Kier molecular flexibility index (Phi) is 6.52. The van der Waals surface area contributed by atoms with Gasteiger partial charge in [0.15, 0.2) is 11.5 Å². The molecule has 0 saturated carbocycles. The number of nitrogens with one attached hydrogen (secondary N) is 1. The number of ether oxygens (including phenoxy) is 3. The van der Waals surface area contributed by atoms with Gasteiger partial charge >= 0.3 is 0 Å². The van der Waals surface area contributed by atoms with Crippen LogP contribution in [0.15, 0.2) is 59.5 Å². The van der Waals surface area contributed by atoms with Gasteiger partial charge in [0.2, 0.25) is 11.7 Å². The van der Waals surface area contributed by atoms with Crippen LogP contribution in [0.3, 0.4) is 0 Å². The minimum absolute atomic E-state index is 0.234. The summed E-state index contributed by atoms with van der Waals surface area (Å²) in [6, 6.07) is 9.13. The highest BCUT2D eigenvalue weighted by molar-refractivity contribution is 5.91. The maximum atomic E-state index is 12.2. The lowest BCUT2D eigenvalue weighted by Crippen LogP contribution is -2.20. The molecule has 3 aromatic rings. The summed E-state index contributed by atoms with van der Waals surface area (Å²) in [7, 11) is 4.63. The molecule has 0 radical (unpaired) electrons. The number of nitrogens with zero attached hydrogens (tertiary/aromatic N) is 1. The third-order valence-electron chi connectivity index (χ3n) is 4.18. The van der Waals surface area contributed by atoms with Crippen molar-refractivity contribution in [3.05, 3.63) is 66.2 Å². The fourth-order valence-electron chi connectivity index (χ4n) is 2.78. The van der Waals surface area contributed by atoms with Gasteiger partial charge in [0.05, 0.1) is 27.6 Å². The standard InChI is InChI=1S/C22H22N2O5/c1-26-19-10-15(11-20(27-2)22(19)28-3)6-7-21(25)24-13-16-9-17(14-23-12-16)18-5-4-8-29-18/h4-12,14H,13H2,1-3H3,(H,24,25)/b7-6+. The molecular formula is C22H22N2O5. The van der Waals surface area contributed by atoms with Gasteiger partial charge in [-0.15, -0.1) is 0 Å². The molecule has 7 heteroatoms. The molecule has 0 fully saturated rings. The molecule has 1 N–H and O–H groups in total. The smallest absolute Gasteiger partial charge is 0.244 e. The van der Waals surface area contributed by atoms with E-state index in [2.05, 4.69) is 10.3 Å². The minimum atomic E-state index is -0.234. The molecule has 0 aliphatic heterocycles. The zero-order chi connectivity index (χ0) is 20.6. The van der Waals surface area contributed by atoms with Crippen molar-refractivity contribution in [2.45, 2.75) is 6.54 Å². The summed E-state index contributed by atoms with van der Waals surface area (Å²) in [6.45, 7) is 0.347. The van der Waals surface area contributed by atoms with Crippen LogP contribution in [-0.2, 0) is 11.3 Å². The lowest BCUT2D eigenvalue weighted by Gasteiger charge is -2.12. The molecule has 150 valence electrons. The maximum Gasteiger partial charge on any atom is 0.244 e. The van der Waals surface area contributed by atoms with Gasteiger partial charge in [-0.2, -0.15) is 0 Å². The molecule has 2 heterocycles. The van der Waals surface area contributed by atoms with Gasteiger partial charge in [0.1, 0.15) is 5.76 Å². The van der Waals surface area contributed by atoms with Crippen molar-refractivity contribution in [1.82, 2.24) is 10.3 Å². The zero-order valence-electron chi connectivity index (χ0n) is 16.5. The molecule has 0 bridgehead atoms. The quantitative estimate of drug-likeness (QED) is 0.587. The number of carbonyl (C=O) groups excluding carboxylic acids is 1. The average Bonchev–Trinajstić information content (AvgIpc) is 3.30. The molecule has 1 aromatic carbocycles. The molecule has 0 unspecified atom stereocenters. The topological polar surface area (TPSA) is 82.8 Å². The van der Waals surface area contributed by atoms with Crippen LogP contribution in [0.1, 0.15) is 11.1 Å². The summed E-state index contributed by atoms with van der Waals surface area (Å²) in [5.74, 6) is 2.04. The third-order valence-corrected chi connectivity index (χ3v) is 4.18. The first kappa shape index (κ1) is 20.0. The molecule has 7 nitrogen and oxygen atoms in total. The van der Waals surface area contributed by atoms with Crippen LogP contribution in [0.25, 0.3) is 17.4 Å². The number of amides is 1. The summed E-state index contributed by atoms with van der Waals surface area (Å²) >= 11 is 0. The number of hydrogen-bond acceptors (Lipinski definition) is 6. The third kappa shape index (κ3) is 4.95. The fourth-order valence-corrected chi connectivity index (χ4v) is 2.78. The van der Waals surface area contributed by atoms with Gasteiger partial charge in [-0.3, -0.25) is 9.78 Å². The number of rotatable bonds is 8. The van der Waals surface area contributed by atoms with Crippen molar-refractivity contribution in [2.75, 3.05) is 21.3 Å². The van der Waals surface area contributed by atoms with Crippen molar-refractivity contribution in [2.24, 2.45) is 0 Å². The normalized spacial score (nSPS) is 10.7. The molecule has 2 aromatic heterocycles. The minimum Gasteiger partial charge on any atom is -0.493 e. The molecule has 29 heavy (non-hydrogen) atoms. The van der Waals surface area contributed by atoms with Crippen LogP contribution in [-0.4, -0.2) is 32.2 Å². The van der Waals surface area contributed by atoms with Crippen molar-refractivity contribution >= 4 is 12.0 Å². The zero-order valence-corrected chi connectivity index (χ0v) is 16.5. The van der Waals surface area contributed by atoms with E-state index >= 15 is 0 Å². The van der Waals surface area contributed by atoms with Crippen molar-refractivity contribution in [3.63, 3.8) is 0 Å². The highest BCUT2D eigenvalue weighted by atomic mass is 16.5. The van der Waals surface area contributed by atoms with Crippen LogP contribution in [0.5, 0.6) is 17.2 Å². The van der Waals surface area contributed by atoms with Crippen molar-refractivity contribution in [3.8, 4) is 28.6 Å². The predicted molar refractivity (Wildman–Crippen MR) is 109 cm³/mol. The predicted octanol–water partition coefficient (Wildman–Crippen LogP) is 3.70. The second-order valence-electron chi connectivity index (χ2n) is 6.07. The number of pyridine rings is 1. The Morgan fingerprint density at radius 2 is 1.86 bits per heavy atom. The number of hydrogen-bond donors (Lipinski definition) is 1. The molecule has 3 rings (SSSR count). The lowest BCUT2D eigenvalue weighted by molar-refractivity contribution is -0.116. The molecule has 0 atom stereocenters. The Morgan fingerprint density at radius 3 is 2.48 bits per heavy atom. The van der Waals surface area contributed by atoms with E-state index in [1.807, 2.05) is 18.2 Å². The van der Waals surface area contributed by atoms with Gasteiger partial charge < -0.3 is 23.9 Å².